The second-order valence-electron chi connectivity index (χ2n) is 5.94. The van der Waals surface area contributed by atoms with E-state index < -0.39 is 27.7 Å². The Morgan fingerprint density at radius 3 is 2.39 bits per heavy atom. The molecular weight excluding hydrogens is 386 g/mol. The Hall–Kier alpha value is -2.04. The second kappa shape index (κ2) is 14.0. The molecule has 0 radical (unpaired) electrons. The van der Waals surface area contributed by atoms with Gasteiger partial charge in [-0.25, -0.2) is 4.98 Å². The molecule has 28 heavy (non-hydrogen) atoms. The molecule has 0 fully saturated rings. The number of aromatic nitrogens is 1. The SMILES string of the molecule is CC.Cc1cc(CNCCCCCC(=O)O)nc(C(=O)NCCS(=O)(=O)O)c1. The van der Waals surface area contributed by atoms with Crippen molar-refractivity contribution in [1.82, 2.24) is 15.6 Å². The van der Waals surface area contributed by atoms with E-state index in [4.69, 9.17) is 9.66 Å². The zero-order valence-electron chi connectivity index (χ0n) is 16.7. The van der Waals surface area contributed by atoms with Crippen LogP contribution in [0.3, 0.4) is 0 Å². The first-order chi connectivity index (χ1) is 13.2. The largest absolute Gasteiger partial charge is 0.481 e. The van der Waals surface area contributed by atoms with Gasteiger partial charge in [-0.15, -0.1) is 0 Å². The van der Waals surface area contributed by atoms with Crippen LogP contribution >= 0.6 is 0 Å². The number of nitrogens with zero attached hydrogens (tertiary/aromatic N) is 1. The van der Waals surface area contributed by atoms with Gasteiger partial charge in [-0.2, -0.15) is 8.42 Å². The lowest BCUT2D eigenvalue weighted by Crippen LogP contribution is -2.30. The van der Waals surface area contributed by atoms with Crippen molar-refractivity contribution in [2.75, 3.05) is 18.8 Å². The third kappa shape index (κ3) is 13.2. The van der Waals surface area contributed by atoms with E-state index in [1.807, 2.05) is 26.8 Å². The van der Waals surface area contributed by atoms with Crippen molar-refractivity contribution >= 4 is 22.0 Å². The molecule has 9 nitrogen and oxygen atoms in total. The van der Waals surface area contributed by atoms with Crippen LogP contribution in [0.1, 0.15) is 61.3 Å². The van der Waals surface area contributed by atoms with Gasteiger partial charge in [0.1, 0.15) is 5.69 Å². The fraction of sp³-hybridized carbons (Fsp3) is 0.611. The highest BCUT2D eigenvalue weighted by Gasteiger charge is 2.11. The summed E-state index contributed by atoms with van der Waals surface area (Å²) in [5.74, 6) is -1.85. The van der Waals surface area contributed by atoms with Gasteiger partial charge in [0.2, 0.25) is 0 Å². The molecule has 0 aliphatic heterocycles. The zero-order chi connectivity index (χ0) is 21.6. The lowest BCUT2D eigenvalue weighted by atomic mass is 10.2. The highest BCUT2D eigenvalue weighted by Crippen LogP contribution is 2.06. The van der Waals surface area contributed by atoms with Crippen LogP contribution in [0.25, 0.3) is 0 Å². The van der Waals surface area contributed by atoms with E-state index in [-0.39, 0.29) is 18.7 Å². The molecule has 1 heterocycles. The number of aryl methyl sites for hydroxylation is 1. The number of rotatable bonds is 12. The topological polar surface area (TPSA) is 146 Å². The molecule has 1 amide bonds. The molecule has 0 aromatic carbocycles. The summed E-state index contributed by atoms with van der Waals surface area (Å²) < 4.78 is 30.0. The summed E-state index contributed by atoms with van der Waals surface area (Å²) in [6, 6.07) is 3.44. The molecular formula is C18H31N3O6S. The molecule has 1 aromatic rings. The van der Waals surface area contributed by atoms with Crippen molar-refractivity contribution in [2.45, 2.75) is 53.0 Å². The predicted octanol–water partition coefficient (Wildman–Crippen LogP) is 1.77. The second-order valence-corrected chi connectivity index (χ2v) is 7.52. The number of carbonyl (C=O) groups excluding carboxylic acids is 1. The minimum Gasteiger partial charge on any atom is -0.481 e. The number of carbonyl (C=O) groups is 2. The van der Waals surface area contributed by atoms with Crippen molar-refractivity contribution in [3.8, 4) is 0 Å². The van der Waals surface area contributed by atoms with Gasteiger partial charge in [0.25, 0.3) is 16.0 Å². The standard InChI is InChI=1S/C16H25N3O6S.C2H6/c1-12-9-13(11-17-6-4-2-3-5-15(20)21)19-14(10-12)16(22)18-7-8-26(23,24)25;1-2/h9-10,17H,2-8,11H2,1H3,(H,18,22)(H,20,21)(H,23,24,25);1-2H3. The summed E-state index contributed by atoms with van der Waals surface area (Å²) in [7, 11) is -4.12. The minimum absolute atomic E-state index is 0.176. The Bertz CT molecular complexity index is 722. The maximum absolute atomic E-state index is 12.0. The number of pyridine rings is 1. The molecule has 0 aliphatic carbocycles. The molecule has 0 aliphatic rings. The molecule has 0 spiro atoms. The monoisotopic (exact) mass is 417 g/mol. The molecule has 0 bridgehead atoms. The molecule has 1 aromatic heterocycles. The summed E-state index contributed by atoms with van der Waals surface area (Å²) in [5.41, 5.74) is 1.70. The maximum atomic E-state index is 12.0. The lowest BCUT2D eigenvalue weighted by Gasteiger charge is -2.09. The van der Waals surface area contributed by atoms with Gasteiger partial charge in [0.15, 0.2) is 0 Å². The van der Waals surface area contributed by atoms with E-state index in [2.05, 4.69) is 15.6 Å². The molecule has 0 saturated carbocycles. The Morgan fingerprint density at radius 2 is 1.79 bits per heavy atom. The van der Waals surface area contributed by atoms with Crippen LogP contribution in [-0.2, 0) is 21.5 Å². The van der Waals surface area contributed by atoms with E-state index in [1.165, 1.54) is 0 Å². The summed E-state index contributed by atoms with van der Waals surface area (Å²) >= 11 is 0. The van der Waals surface area contributed by atoms with Gasteiger partial charge in [-0.05, 0) is 44.0 Å². The summed E-state index contributed by atoms with van der Waals surface area (Å²) in [5, 5.41) is 14.1. The molecule has 0 unspecified atom stereocenters. The number of nitrogens with one attached hydrogen (secondary N) is 2. The number of hydrogen-bond acceptors (Lipinski definition) is 6. The van der Waals surface area contributed by atoms with E-state index in [0.717, 1.165) is 18.4 Å². The van der Waals surface area contributed by atoms with Crippen molar-refractivity contribution in [3.05, 3.63) is 29.1 Å². The number of aliphatic carboxylic acids is 1. The summed E-state index contributed by atoms with van der Waals surface area (Å²) in [6.45, 7) is 6.81. The number of unbranched alkanes of at least 4 members (excludes halogenated alkanes) is 2. The number of carboxylic acid groups (broad SMARTS) is 1. The fourth-order valence-corrected chi connectivity index (χ4v) is 2.61. The predicted molar refractivity (Wildman–Crippen MR) is 107 cm³/mol. The van der Waals surface area contributed by atoms with E-state index in [1.54, 1.807) is 6.07 Å². The van der Waals surface area contributed by atoms with Gasteiger partial charge < -0.3 is 15.7 Å². The third-order valence-corrected chi connectivity index (χ3v) is 4.17. The van der Waals surface area contributed by atoms with Gasteiger partial charge in [-0.1, -0.05) is 20.3 Å². The average Bonchev–Trinajstić information content (AvgIpc) is 2.60. The van der Waals surface area contributed by atoms with Crippen molar-refractivity contribution in [3.63, 3.8) is 0 Å². The van der Waals surface area contributed by atoms with Crippen molar-refractivity contribution in [1.29, 1.82) is 0 Å². The lowest BCUT2D eigenvalue weighted by molar-refractivity contribution is -0.137. The minimum atomic E-state index is -4.12. The smallest absolute Gasteiger partial charge is 0.303 e. The average molecular weight is 418 g/mol. The molecule has 10 heteroatoms. The first kappa shape index (κ1) is 26.0. The zero-order valence-corrected chi connectivity index (χ0v) is 17.5. The number of carboxylic acids is 1. The number of amides is 1. The Kier molecular flexibility index (Phi) is 13.0. The normalized spacial score (nSPS) is 10.7. The molecule has 0 saturated heterocycles. The van der Waals surface area contributed by atoms with Gasteiger partial charge in [0, 0.05) is 19.5 Å². The van der Waals surface area contributed by atoms with E-state index >= 15 is 0 Å². The van der Waals surface area contributed by atoms with Gasteiger partial charge >= 0.3 is 5.97 Å². The van der Waals surface area contributed by atoms with Crippen LogP contribution < -0.4 is 10.6 Å². The van der Waals surface area contributed by atoms with Crippen LogP contribution in [0.15, 0.2) is 12.1 Å². The highest BCUT2D eigenvalue weighted by atomic mass is 32.2. The van der Waals surface area contributed by atoms with E-state index in [9.17, 15) is 18.0 Å². The Labute approximate surface area is 166 Å². The summed E-state index contributed by atoms with van der Waals surface area (Å²) in [4.78, 5) is 26.7. The van der Waals surface area contributed by atoms with Crippen molar-refractivity contribution < 1.29 is 27.7 Å². The fourth-order valence-electron chi connectivity index (χ4n) is 2.25. The highest BCUT2D eigenvalue weighted by molar-refractivity contribution is 7.85. The van der Waals surface area contributed by atoms with E-state index in [0.29, 0.717) is 25.2 Å². The molecule has 4 N–H and O–H groups in total. The molecule has 160 valence electrons. The van der Waals surface area contributed by atoms with Crippen LogP contribution in [0.5, 0.6) is 0 Å². The van der Waals surface area contributed by atoms with Crippen LogP contribution in [0.4, 0.5) is 0 Å². The van der Waals surface area contributed by atoms with Gasteiger partial charge in [-0.3, -0.25) is 14.1 Å². The first-order valence-corrected chi connectivity index (χ1v) is 10.9. The quantitative estimate of drug-likeness (QED) is 0.297. The first-order valence-electron chi connectivity index (χ1n) is 9.31. The number of hydrogen-bond donors (Lipinski definition) is 4. The van der Waals surface area contributed by atoms with Crippen LogP contribution in [-0.4, -0.2) is 53.8 Å². The van der Waals surface area contributed by atoms with Crippen LogP contribution in [0.2, 0.25) is 0 Å². The van der Waals surface area contributed by atoms with Gasteiger partial charge in [0.05, 0.1) is 11.4 Å². The molecule has 0 atom stereocenters. The molecule has 1 rings (SSSR count). The van der Waals surface area contributed by atoms with Crippen molar-refractivity contribution in [2.24, 2.45) is 0 Å². The Balaban J connectivity index is 0.00000352. The maximum Gasteiger partial charge on any atom is 0.303 e. The third-order valence-electron chi connectivity index (χ3n) is 3.45. The van der Waals surface area contributed by atoms with Crippen LogP contribution in [0, 0.1) is 6.92 Å². The summed E-state index contributed by atoms with van der Waals surface area (Å²) in [6.07, 6.45) is 2.49. The Morgan fingerprint density at radius 1 is 1.11 bits per heavy atom.